The van der Waals surface area contributed by atoms with Crippen molar-refractivity contribution in [3.8, 4) is 5.75 Å². The van der Waals surface area contributed by atoms with Crippen LogP contribution in [0.15, 0.2) is 79.1 Å². The zero-order chi connectivity index (χ0) is 22.5. The lowest BCUT2D eigenvalue weighted by Gasteiger charge is -2.42. The van der Waals surface area contributed by atoms with Crippen molar-refractivity contribution in [2.75, 3.05) is 26.2 Å². The van der Waals surface area contributed by atoms with Gasteiger partial charge < -0.3 is 15.0 Å². The highest BCUT2D eigenvalue weighted by molar-refractivity contribution is 5.76. The van der Waals surface area contributed by atoms with Crippen LogP contribution in [0.3, 0.4) is 0 Å². The first-order valence-corrected chi connectivity index (χ1v) is 11.7. The summed E-state index contributed by atoms with van der Waals surface area (Å²) < 4.78 is 6.07. The predicted molar refractivity (Wildman–Crippen MR) is 128 cm³/mol. The second-order valence-corrected chi connectivity index (χ2v) is 8.70. The first-order chi connectivity index (χ1) is 16.3. The second kappa shape index (κ2) is 10.0. The molecule has 5 rings (SSSR count). The molecule has 2 amide bonds. The van der Waals surface area contributed by atoms with Crippen LogP contribution in [-0.4, -0.2) is 53.1 Å². The Morgan fingerprint density at radius 3 is 2.45 bits per heavy atom. The van der Waals surface area contributed by atoms with Gasteiger partial charge in [0.2, 0.25) is 0 Å². The highest BCUT2D eigenvalue weighted by atomic mass is 16.5. The molecule has 0 bridgehead atoms. The fraction of sp³-hybridized carbons (Fsp3) is 0.333. The number of hydrogen-bond donors (Lipinski definition) is 1. The number of para-hydroxylation sites is 1. The summed E-state index contributed by atoms with van der Waals surface area (Å²) in [6, 6.07) is 22.5. The van der Waals surface area contributed by atoms with Gasteiger partial charge in [-0.05, 0) is 42.2 Å². The van der Waals surface area contributed by atoms with Crippen molar-refractivity contribution in [2.45, 2.75) is 31.5 Å². The molecular formula is C27H30N4O2. The number of rotatable bonds is 4. The zero-order valence-corrected chi connectivity index (χ0v) is 18.8. The van der Waals surface area contributed by atoms with Crippen LogP contribution < -0.4 is 10.1 Å². The maximum atomic E-state index is 13.5. The van der Waals surface area contributed by atoms with Gasteiger partial charge in [0.15, 0.2) is 0 Å². The van der Waals surface area contributed by atoms with Crippen LogP contribution in [0, 0.1) is 0 Å². The lowest BCUT2D eigenvalue weighted by atomic mass is 9.92. The van der Waals surface area contributed by atoms with Crippen LogP contribution in [0.2, 0.25) is 0 Å². The summed E-state index contributed by atoms with van der Waals surface area (Å²) in [5.74, 6) is 0.850. The predicted octanol–water partition coefficient (Wildman–Crippen LogP) is 4.24. The van der Waals surface area contributed by atoms with Crippen molar-refractivity contribution in [3.05, 3.63) is 95.8 Å². The molecular weight excluding hydrogens is 412 g/mol. The Bertz CT molecular complexity index is 1050. The van der Waals surface area contributed by atoms with Gasteiger partial charge in [-0.2, -0.15) is 0 Å². The Morgan fingerprint density at radius 1 is 0.939 bits per heavy atom. The summed E-state index contributed by atoms with van der Waals surface area (Å²) in [5, 5.41) is 3.10. The molecule has 33 heavy (non-hydrogen) atoms. The third kappa shape index (κ3) is 4.86. The van der Waals surface area contributed by atoms with E-state index in [0.717, 1.165) is 49.4 Å². The Hall–Kier alpha value is -3.38. The normalized spacial score (nSPS) is 20.1. The van der Waals surface area contributed by atoms with Gasteiger partial charge in [-0.25, -0.2) is 4.79 Å². The van der Waals surface area contributed by atoms with Gasteiger partial charge in [0.25, 0.3) is 0 Å². The number of piperidine rings is 1. The average molecular weight is 443 g/mol. The van der Waals surface area contributed by atoms with E-state index in [1.54, 1.807) is 0 Å². The number of nitrogens with zero attached hydrogens (tertiary/aromatic N) is 3. The van der Waals surface area contributed by atoms with Crippen molar-refractivity contribution in [1.29, 1.82) is 0 Å². The Balaban J connectivity index is 1.44. The molecule has 0 saturated carbocycles. The molecule has 2 aromatic carbocycles. The molecule has 2 aliphatic rings. The molecule has 6 nitrogen and oxygen atoms in total. The Labute approximate surface area is 195 Å². The topological polar surface area (TPSA) is 57.7 Å². The number of benzene rings is 2. The van der Waals surface area contributed by atoms with Gasteiger partial charge in [-0.3, -0.25) is 9.88 Å². The zero-order valence-electron chi connectivity index (χ0n) is 18.8. The third-order valence-corrected chi connectivity index (χ3v) is 6.58. The SMILES string of the molecule is O=C1NCCOc2ccccc2C(c2ccccc2)N1C1CCN(Cc2ccncc2)CC1. The van der Waals surface area contributed by atoms with Crippen LogP contribution in [0.25, 0.3) is 0 Å². The van der Waals surface area contributed by atoms with E-state index in [1.807, 2.05) is 48.8 Å². The van der Waals surface area contributed by atoms with Gasteiger partial charge in [0, 0.05) is 43.6 Å². The van der Waals surface area contributed by atoms with E-state index >= 15 is 0 Å². The van der Waals surface area contributed by atoms with Crippen molar-refractivity contribution in [1.82, 2.24) is 20.1 Å². The molecule has 170 valence electrons. The van der Waals surface area contributed by atoms with Crippen molar-refractivity contribution >= 4 is 6.03 Å². The van der Waals surface area contributed by atoms with Crippen molar-refractivity contribution in [2.24, 2.45) is 0 Å². The van der Waals surface area contributed by atoms with E-state index in [2.05, 4.69) is 50.4 Å². The van der Waals surface area contributed by atoms with Crippen LogP contribution in [-0.2, 0) is 6.54 Å². The lowest BCUT2D eigenvalue weighted by molar-refractivity contribution is 0.101. The lowest BCUT2D eigenvalue weighted by Crippen LogP contribution is -2.52. The monoisotopic (exact) mass is 442 g/mol. The first-order valence-electron chi connectivity index (χ1n) is 11.7. The molecule has 1 atom stereocenters. The smallest absolute Gasteiger partial charge is 0.318 e. The number of urea groups is 1. The molecule has 1 fully saturated rings. The molecule has 2 aliphatic heterocycles. The number of carbonyl (C=O) groups excluding carboxylic acids is 1. The highest BCUT2D eigenvalue weighted by Crippen LogP contribution is 2.38. The number of likely N-dealkylation sites (tertiary alicyclic amines) is 1. The molecule has 1 N–H and O–H groups in total. The Morgan fingerprint density at radius 2 is 1.67 bits per heavy atom. The number of nitrogens with one attached hydrogen (secondary N) is 1. The minimum Gasteiger partial charge on any atom is -0.491 e. The molecule has 1 saturated heterocycles. The van der Waals surface area contributed by atoms with Crippen LogP contribution in [0.4, 0.5) is 4.79 Å². The maximum Gasteiger partial charge on any atom is 0.318 e. The number of carbonyl (C=O) groups is 1. The first kappa shape index (κ1) is 21.5. The summed E-state index contributed by atoms with van der Waals surface area (Å²) in [6.07, 6.45) is 5.56. The van der Waals surface area contributed by atoms with E-state index in [0.29, 0.717) is 13.2 Å². The number of amides is 2. The maximum absolute atomic E-state index is 13.5. The summed E-state index contributed by atoms with van der Waals surface area (Å²) in [4.78, 5) is 22.2. The second-order valence-electron chi connectivity index (χ2n) is 8.70. The molecule has 0 spiro atoms. The van der Waals surface area contributed by atoms with Gasteiger partial charge in [-0.15, -0.1) is 0 Å². The highest BCUT2D eigenvalue weighted by Gasteiger charge is 2.36. The molecule has 3 heterocycles. The molecule has 0 radical (unpaired) electrons. The van der Waals surface area contributed by atoms with E-state index in [1.165, 1.54) is 5.56 Å². The molecule has 1 aromatic heterocycles. The van der Waals surface area contributed by atoms with E-state index in [-0.39, 0.29) is 18.1 Å². The summed E-state index contributed by atoms with van der Waals surface area (Å²) >= 11 is 0. The standard InChI is InChI=1S/C27H30N4O2/c32-27-29-16-19-33-25-9-5-4-8-24(25)26(22-6-2-1-3-7-22)31(27)23-12-17-30(18-13-23)20-21-10-14-28-15-11-21/h1-11,14-15,23,26H,12-13,16-20H2,(H,29,32). The largest absolute Gasteiger partial charge is 0.491 e. The van der Waals surface area contributed by atoms with E-state index in [4.69, 9.17) is 4.74 Å². The summed E-state index contributed by atoms with van der Waals surface area (Å²) in [5.41, 5.74) is 3.42. The molecule has 6 heteroatoms. The van der Waals surface area contributed by atoms with Crippen LogP contribution in [0.5, 0.6) is 5.75 Å². The number of fused-ring (bicyclic) bond motifs is 1. The fourth-order valence-corrected chi connectivity index (χ4v) is 4.97. The van der Waals surface area contributed by atoms with Gasteiger partial charge >= 0.3 is 6.03 Å². The number of pyridine rings is 1. The average Bonchev–Trinajstić information content (AvgIpc) is 2.94. The molecule has 0 aliphatic carbocycles. The quantitative estimate of drug-likeness (QED) is 0.657. The molecule has 1 unspecified atom stereocenters. The number of ether oxygens (including phenoxy) is 1. The van der Waals surface area contributed by atoms with Gasteiger partial charge in [-0.1, -0.05) is 48.5 Å². The van der Waals surface area contributed by atoms with Crippen molar-refractivity contribution < 1.29 is 9.53 Å². The van der Waals surface area contributed by atoms with Gasteiger partial charge in [0.1, 0.15) is 12.4 Å². The number of aromatic nitrogens is 1. The Kier molecular flexibility index (Phi) is 6.53. The summed E-state index contributed by atoms with van der Waals surface area (Å²) in [6.45, 7) is 3.78. The third-order valence-electron chi connectivity index (χ3n) is 6.58. The molecule has 3 aromatic rings. The van der Waals surface area contributed by atoms with Crippen LogP contribution in [0.1, 0.15) is 35.6 Å². The van der Waals surface area contributed by atoms with E-state index < -0.39 is 0 Å². The van der Waals surface area contributed by atoms with E-state index in [9.17, 15) is 4.79 Å². The minimum absolute atomic E-state index is 0.0169. The van der Waals surface area contributed by atoms with Crippen molar-refractivity contribution in [3.63, 3.8) is 0 Å². The number of hydrogen-bond acceptors (Lipinski definition) is 4. The van der Waals surface area contributed by atoms with Gasteiger partial charge in [0.05, 0.1) is 12.6 Å². The van der Waals surface area contributed by atoms with Crippen LogP contribution >= 0.6 is 0 Å². The minimum atomic E-state index is -0.197. The fourth-order valence-electron chi connectivity index (χ4n) is 4.97. The summed E-state index contributed by atoms with van der Waals surface area (Å²) in [7, 11) is 0.